The molecule has 1 heterocycles. The minimum Gasteiger partial charge on any atom is -0.465 e. The van der Waals surface area contributed by atoms with Gasteiger partial charge in [0, 0.05) is 18.2 Å². The lowest BCUT2D eigenvalue weighted by atomic mass is 10.2. The Morgan fingerprint density at radius 3 is 2.56 bits per heavy atom. The van der Waals surface area contributed by atoms with Crippen molar-refractivity contribution < 1.29 is 14.4 Å². The van der Waals surface area contributed by atoms with Crippen LogP contribution in [-0.2, 0) is 0 Å². The number of rotatable bonds is 2. The number of amides is 1. The van der Waals surface area contributed by atoms with Crippen LogP contribution in [-0.4, -0.2) is 21.3 Å². The molecule has 2 aromatic rings. The molecule has 0 atom stereocenters. The minimum atomic E-state index is -1.09. The average Bonchev–Trinajstić information content (AvgIpc) is 2.65. The van der Waals surface area contributed by atoms with Gasteiger partial charge in [-0.2, -0.15) is 4.98 Å². The zero-order valence-corrected chi connectivity index (χ0v) is 8.47. The number of carbonyl (C=O) groups is 1. The monoisotopic (exact) mass is 219 g/mol. The van der Waals surface area contributed by atoms with Crippen molar-refractivity contribution in [2.24, 2.45) is 0 Å². The summed E-state index contributed by atoms with van der Waals surface area (Å²) in [6.45, 7) is 1.71. The number of aromatic nitrogens is 2. The van der Waals surface area contributed by atoms with Crippen molar-refractivity contribution >= 4 is 11.8 Å². The predicted molar refractivity (Wildman–Crippen MR) is 56.1 cm³/mol. The van der Waals surface area contributed by atoms with Crippen LogP contribution in [0.15, 0.2) is 28.8 Å². The van der Waals surface area contributed by atoms with Gasteiger partial charge in [-0.15, -0.1) is 0 Å². The highest BCUT2D eigenvalue weighted by molar-refractivity contribution is 5.83. The molecule has 1 aromatic carbocycles. The van der Waals surface area contributed by atoms with E-state index in [2.05, 4.69) is 15.5 Å². The van der Waals surface area contributed by atoms with Gasteiger partial charge in [0.1, 0.15) is 0 Å². The minimum absolute atomic E-state index is 0.486. The Bertz CT molecular complexity index is 504. The Labute approximate surface area is 90.9 Å². The Balaban J connectivity index is 2.22. The molecule has 0 saturated heterocycles. The lowest BCUT2D eigenvalue weighted by Crippen LogP contribution is -2.06. The molecule has 0 radical (unpaired) electrons. The van der Waals surface area contributed by atoms with E-state index in [0.29, 0.717) is 17.4 Å². The third-order valence-electron chi connectivity index (χ3n) is 1.92. The standard InChI is InChI=1S/C10H9N3O3/c1-6-11-9(13-16-6)7-2-4-8(5-3-7)12-10(14)15/h2-5,12H,1H3,(H,14,15). The second kappa shape index (κ2) is 4.01. The van der Waals surface area contributed by atoms with Gasteiger partial charge in [-0.05, 0) is 24.3 Å². The quantitative estimate of drug-likeness (QED) is 0.807. The third kappa shape index (κ3) is 2.17. The molecule has 16 heavy (non-hydrogen) atoms. The van der Waals surface area contributed by atoms with E-state index in [1.54, 1.807) is 31.2 Å². The predicted octanol–water partition coefficient (Wildman–Crippen LogP) is 2.13. The molecule has 1 aromatic heterocycles. The van der Waals surface area contributed by atoms with Crippen molar-refractivity contribution in [2.45, 2.75) is 6.92 Å². The highest BCUT2D eigenvalue weighted by Gasteiger charge is 2.05. The molecule has 0 aliphatic rings. The van der Waals surface area contributed by atoms with Gasteiger partial charge < -0.3 is 9.63 Å². The molecular formula is C10H9N3O3. The molecular weight excluding hydrogens is 210 g/mol. The number of benzene rings is 1. The second-order valence-electron chi connectivity index (χ2n) is 3.14. The molecule has 6 nitrogen and oxygen atoms in total. The van der Waals surface area contributed by atoms with Gasteiger partial charge in [-0.3, -0.25) is 5.32 Å². The molecule has 6 heteroatoms. The van der Waals surface area contributed by atoms with E-state index in [9.17, 15) is 4.79 Å². The number of nitrogens with one attached hydrogen (secondary N) is 1. The maximum absolute atomic E-state index is 10.4. The van der Waals surface area contributed by atoms with Crippen LogP contribution in [0.1, 0.15) is 5.89 Å². The molecule has 2 rings (SSSR count). The van der Waals surface area contributed by atoms with Gasteiger partial charge in [0.2, 0.25) is 11.7 Å². The van der Waals surface area contributed by atoms with Crippen molar-refractivity contribution in [2.75, 3.05) is 5.32 Å². The Morgan fingerprint density at radius 2 is 2.06 bits per heavy atom. The molecule has 1 amide bonds. The van der Waals surface area contributed by atoms with Gasteiger partial charge in [0.25, 0.3) is 0 Å². The van der Waals surface area contributed by atoms with Crippen molar-refractivity contribution in [1.82, 2.24) is 10.1 Å². The summed E-state index contributed by atoms with van der Waals surface area (Å²) in [7, 11) is 0. The summed E-state index contributed by atoms with van der Waals surface area (Å²) < 4.78 is 4.84. The Kier molecular flexibility index (Phi) is 2.55. The molecule has 82 valence electrons. The molecule has 0 bridgehead atoms. The maximum Gasteiger partial charge on any atom is 0.409 e. The summed E-state index contributed by atoms with van der Waals surface area (Å²) in [5, 5.41) is 14.5. The van der Waals surface area contributed by atoms with E-state index in [0.717, 1.165) is 5.56 Å². The summed E-state index contributed by atoms with van der Waals surface area (Å²) >= 11 is 0. The lowest BCUT2D eigenvalue weighted by Gasteiger charge is -2.00. The van der Waals surface area contributed by atoms with Crippen LogP contribution in [0.2, 0.25) is 0 Å². The van der Waals surface area contributed by atoms with Crippen LogP contribution in [0.25, 0.3) is 11.4 Å². The molecule has 0 unspecified atom stereocenters. The van der Waals surface area contributed by atoms with Crippen LogP contribution in [0.4, 0.5) is 10.5 Å². The second-order valence-corrected chi connectivity index (χ2v) is 3.14. The fourth-order valence-electron chi connectivity index (χ4n) is 1.24. The van der Waals surface area contributed by atoms with Crippen molar-refractivity contribution in [3.63, 3.8) is 0 Å². The van der Waals surface area contributed by atoms with Gasteiger partial charge in [-0.1, -0.05) is 5.16 Å². The summed E-state index contributed by atoms with van der Waals surface area (Å²) in [6, 6.07) is 6.70. The highest BCUT2D eigenvalue weighted by atomic mass is 16.5. The van der Waals surface area contributed by atoms with Gasteiger partial charge >= 0.3 is 6.09 Å². The maximum atomic E-state index is 10.4. The fraction of sp³-hybridized carbons (Fsp3) is 0.100. The highest BCUT2D eigenvalue weighted by Crippen LogP contribution is 2.18. The molecule has 2 N–H and O–H groups in total. The average molecular weight is 219 g/mol. The number of hydrogen-bond donors (Lipinski definition) is 2. The van der Waals surface area contributed by atoms with Crippen molar-refractivity contribution in [3.8, 4) is 11.4 Å². The van der Waals surface area contributed by atoms with Crippen LogP contribution >= 0.6 is 0 Å². The summed E-state index contributed by atoms with van der Waals surface area (Å²) in [5.41, 5.74) is 1.27. The number of anilines is 1. The number of hydrogen-bond acceptors (Lipinski definition) is 4. The first kappa shape index (κ1) is 10.2. The molecule has 0 saturated carbocycles. The third-order valence-corrected chi connectivity index (χ3v) is 1.92. The molecule has 0 fully saturated rings. The zero-order valence-electron chi connectivity index (χ0n) is 8.47. The number of nitrogens with zero attached hydrogens (tertiary/aromatic N) is 2. The SMILES string of the molecule is Cc1nc(-c2ccc(NC(=O)O)cc2)no1. The van der Waals surface area contributed by atoms with Crippen LogP contribution < -0.4 is 5.32 Å². The largest absolute Gasteiger partial charge is 0.465 e. The van der Waals surface area contributed by atoms with E-state index in [1.807, 2.05) is 0 Å². The van der Waals surface area contributed by atoms with E-state index in [4.69, 9.17) is 9.63 Å². The van der Waals surface area contributed by atoms with E-state index in [1.165, 1.54) is 0 Å². The Hall–Kier alpha value is -2.37. The van der Waals surface area contributed by atoms with E-state index < -0.39 is 6.09 Å². The van der Waals surface area contributed by atoms with Crippen molar-refractivity contribution in [3.05, 3.63) is 30.2 Å². The first-order valence-electron chi connectivity index (χ1n) is 4.56. The van der Waals surface area contributed by atoms with Gasteiger partial charge in [-0.25, -0.2) is 4.79 Å². The number of aryl methyl sites for hydroxylation is 1. The normalized spacial score (nSPS) is 10.1. The number of carboxylic acid groups (broad SMARTS) is 1. The van der Waals surface area contributed by atoms with Gasteiger partial charge in [0.05, 0.1) is 0 Å². The summed E-state index contributed by atoms with van der Waals surface area (Å²) in [5.74, 6) is 0.974. The van der Waals surface area contributed by atoms with Crippen molar-refractivity contribution in [1.29, 1.82) is 0 Å². The van der Waals surface area contributed by atoms with Gasteiger partial charge in [0.15, 0.2) is 0 Å². The first-order valence-corrected chi connectivity index (χ1v) is 4.56. The fourth-order valence-corrected chi connectivity index (χ4v) is 1.24. The van der Waals surface area contributed by atoms with E-state index >= 15 is 0 Å². The van der Waals surface area contributed by atoms with E-state index in [-0.39, 0.29) is 0 Å². The van der Waals surface area contributed by atoms with Crippen LogP contribution in [0.3, 0.4) is 0 Å². The van der Waals surface area contributed by atoms with Crippen LogP contribution in [0.5, 0.6) is 0 Å². The smallest absolute Gasteiger partial charge is 0.409 e. The molecule has 0 aliphatic carbocycles. The summed E-state index contributed by atoms with van der Waals surface area (Å²) in [4.78, 5) is 14.4. The molecule has 0 aliphatic heterocycles. The van der Waals surface area contributed by atoms with Crippen LogP contribution in [0, 0.1) is 6.92 Å². The Morgan fingerprint density at radius 1 is 1.38 bits per heavy atom. The lowest BCUT2D eigenvalue weighted by molar-refractivity contribution is 0.210. The zero-order chi connectivity index (χ0) is 11.5. The first-order chi connectivity index (χ1) is 7.65. The summed E-state index contributed by atoms with van der Waals surface area (Å²) in [6.07, 6.45) is -1.09. The molecule has 0 spiro atoms. The topological polar surface area (TPSA) is 88.2 Å².